The van der Waals surface area contributed by atoms with E-state index in [0.29, 0.717) is 52.5 Å². The summed E-state index contributed by atoms with van der Waals surface area (Å²) >= 11 is 0. The number of ether oxygens (including phenoxy) is 5. The zero-order valence-electron chi connectivity index (χ0n) is 17.5. The minimum atomic E-state index is -0.746. The molecule has 0 aromatic rings. The highest BCUT2D eigenvalue weighted by Gasteiger charge is 2.13. The number of unbranched alkanes of at least 4 members (excludes halogenated alkanes) is 5. The fourth-order valence-electron chi connectivity index (χ4n) is 2.40. The van der Waals surface area contributed by atoms with Crippen molar-refractivity contribution >= 4 is 11.9 Å². The van der Waals surface area contributed by atoms with Crippen LogP contribution in [0.15, 0.2) is 0 Å². The smallest absolute Gasteiger partial charge is 0.305 e. The Labute approximate surface area is 168 Å². The molecule has 0 aliphatic rings. The third kappa shape index (κ3) is 19.5. The Hall–Kier alpha value is -1.22. The quantitative estimate of drug-likeness (QED) is 0.176. The van der Waals surface area contributed by atoms with E-state index in [1.54, 1.807) is 0 Å². The molecule has 0 rings (SSSR count). The van der Waals surface area contributed by atoms with Gasteiger partial charge in [-0.2, -0.15) is 0 Å². The lowest BCUT2D eigenvalue weighted by Crippen LogP contribution is -2.28. The van der Waals surface area contributed by atoms with Gasteiger partial charge in [0.25, 0.3) is 0 Å². The topological polar surface area (TPSA) is 101 Å². The maximum absolute atomic E-state index is 11.9. The Balaban J connectivity index is 3.80. The van der Waals surface area contributed by atoms with E-state index in [4.69, 9.17) is 28.8 Å². The van der Waals surface area contributed by atoms with Crippen molar-refractivity contribution in [1.82, 2.24) is 0 Å². The maximum Gasteiger partial charge on any atom is 0.305 e. The van der Waals surface area contributed by atoms with Crippen LogP contribution in [0.25, 0.3) is 0 Å². The van der Waals surface area contributed by atoms with Crippen molar-refractivity contribution in [3.05, 3.63) is 0 Å². The second-order valence-electron chi connectivity index (χ2n) is 6.26. The van der Waals surface area contributed by atoms with Crippen LogP contribution in [-0.4, -0.2) is 69.6 Å². The van der Waals surface area contributed by atoms with E-state index in [0.717, 1.165) is 32.1 Å². The zero-order valence-corrected chi connectivity index (χ0v) is 17.5. The van der Waals surface area contributed by atoms with E-state index < -0.39 is 12.3 Å². The van der Waals surface area contributed by atoms with Gasteiger partial charge < -0.3 is 28.8 Å². The van der Waals surface area contributed by atoms with E-state index in [1.807, 2.05) is 13.8 Å². The van der Waals surface area contributed by atoms with Crippen molar-refractivity contribution in [2.24, 2.45) is 0 Å². The van der Waals surface area contributed by atoms with Crippen LogP contribution in [0.5, 0.6) is 0 Å². The summed E-state index contributed by atoms with van der Waals surface area (Å²) in [5, 5.41) is 8.57. The Morgan fingerprint density at radius 3 is 1.75 bits per heavy atom. The first kappa shape index (κ1) is 26.8. The first-order valence-corrected chi connectivity index (χ1v) is 10.4. The van der Waals surface area contributed by atoms with Gasteiger partial charge in [-0.3, -0.25) is 9.59 Å². The number of carboxylic acids is 1. The molecule has 0 aliphatic heterocycles. The number of carboxylic acid groups (broad SMARTS) is 1. The second kappa shape index (κ2) is 20.5. The van der Waals surface area contributed by atoms with Gasteiger partial charge >= 0.3 is 11.9 Å². The molecule has 0 amide bonds. The Bertz CT molecular complexity index is 363. The molecule has 8 nitrogen and oxygen atoms in total. The minimum absolute atomic E-state index is 0.0479. The molecule has 8 heteroatoms. The van der Waals surface area contributed by atoms with E-state index in [-0.39, 0.29) is 19.0 Å². The molecule has 0 fully saturated rings. The largest absolute Gasteiger partial charge is 0.481 e. The van der Waals surface area contributed by atoms with Crippen molar-refractivity contribution in [2.45, 2.75) is 71.5 Å². The summed E-state index contributed by atoms with van der Waals surface area (Å²) < 4.78 is 26.8. The van der Waals surface area contributed by atoms with Crippen LogP contribution in [0.4, 0.5) is 0 Å². The van der Waals surface area contributed by atoms with Crippen LogP contribution in [0.2, 0.25) is 0 Å². The van der Waals surface area contributed by atoms with Crippen LogP contribution >= 0.6 is 0 Å². The van der Waals surface area contributed by atoms with Gasteiger partial charge in [0.15, 0.2) is 6.29 Å². The normalized spacial score (nSPS) is 11.1. The lowest BCUT2D eigenvalue weighted by Gasteiger charge is -2.18. The lowest BCUT2D eigenvalue weighted by molar-refractivity contribution is -0.190. The summed E-state index contributed by atoms with van der Waals surface area (Å²) in [6.07, 6.45) is 5.27. The highest BCUT2D eigenvalue weighted by molar-refractivity contribution is 5.69. The van der Waals surface area contributed by atoms with Crippen LogP contribution < -0.4 is 0 Å². The van der Waals surface area contributed by atoms with E-state index >= 15 is 0 Å². The highest BCUT2D eigenvalue weighted by atomic mass is 16.7. The van der Waals surface area contributed by atoms with Crippen LogP contribution in [0, 0.1) is 0 Å². The highest BCUT2D eigenvalue weighted by Crippen LogP contribution is 2.09. The van der Waals surface area contributed by atoms with Crippen LogP contribution in [0.1, 0.15) is 65.2 Å². The van der Waals surface area contributed by atoms with Crippen LogP contribution in [-0.2, 0) is 33.3 Å². The molecule has 28 heavy (non-hydrogen) atoms. The van der Waals surface area contributed by atoms with Gasteiger partial charge in [-0.15, -0.1) is 0 Å². The summed E-state index contributed by atoms with van der Waals surface area (Å²) in [6, 6.07) is 0. The summed E-state index contributed by atoms with van der Waals surface area (Å²) in [6.45, 7) is 6.76. The van der Waals surface area contributed by atoms with Gasteiger partial charge in [-0.05, 0) is 26.7 Å². The predicted molar refractivity (Wildman–Crippen MR) is 104 cm³/mol. The molecule has 0 heterocycles. The average Bonchev–Trinajstić information content (AvgIpc) is 2.67. The lowest BCUT2D eigenvalue weighted by atomic mass is 10.1. The second-order valence-corrected chi connectivity index (χ2v) is 6.26. The fraction of sp³-hybridized carbons (Fsp3) is 0.900. The SMILES string of the molecule is CCOCCOC(COC(=O)CCCCCCCCC(=O)O)OCCOCC. The van der Waals surface area contributed by atoms with Crippen molar-refractivity contribution in [3.8, 4) is 0 Å². The molecule has 0 aromatic heterocycles. The Kier molecular flexibility index (Phi) is 19.6. The number of carbonyl (C=O) groups excluding carboxylic acids is 1. The molecule has 0 bridgehead atoms. The standard InChI is InChI=1S/C20H38O8/c1-3-24-13-15-26-20(27-16-14-25-4-2)17-28-19(23)12-10-8-6-5-7-9-11-18(21)22/h20H,3-17H2,1-2H3,(H,21,22). The maximum atomic E-state index is 11.9. The minimum Gasteiger partial charge on any atom is -0.481 e. The molecule has 0 saturated carbocycles. The Morgan fingerprint density at radius 2 is 1.25 bits per heavy atom. The van der Waals surface area contributed by atoms with Gasteiger partial charge in [0.1, 0.15) is 6.61 Å². The van der Waals surface area contributed by atoms with Gasteiger partial charge in [-0.1, -0.05) is 25.7 Å². The predicted octanol–water partition coefficient (Wildman–Crippen LogP) is 3.17. The average molecular weight is 407 g/mol. The van der Waals surface area contributed by atoms with E-state index in [9.17, 15) is 9.59 Å². The van der Waals surface area contributed by atoms with Crippen molar-refractivity contribution < 1.29 is 38.4 Å². The molecule has 1 N–H and O–H groups in total. The summed E-state index contributed by atoms with van der Waals surface area (Å²) in [4.78, 5) is 22.3. The van der Waals surface area contributed by atoms with Gasteiger partial charge in [-0.25, -0.2) is 0 Å². The summed E-state index contributed by atoms with van der Waals surface area (Å²) in [5.74, 6) is -1.01. The monoisotopic (exact) mass is 406 g/mol. The number of hydrogen-bond donors (Lipinski definition) is 1. The summed E-state index contributed by atoms with van der Waals surface area (Å²) in [7, 11) is 0. The molecule has 0 unspecified atom stereocenters. The molecule has 0 saturated heterocycles. The van der Waals surface area contributed by atoms with Gasteiger partial charge in [0.2, 0.25) is 0 Å². The first-order chi connectivity index (χ1) is 13.6. The first-order valence-electron chi connectivity index (χ1n) is 10.4. The van der Waals surface area contributed by atoms with Crippen molar-refractivity contribution in [2.75, 3.05) is 46.2 Å². The Morgan fingerprint density at radius 1 is 0.750 bits per heavy atom. The molecule has 0 atom stereocenters. The molecular weight excluding hydrogens is 368 g/mol. The van der Waals surface area contributed by atoms with Gasteiger partial charge in [0.05, 0.1) is 26.4 Å². The molecule has 0 radical (unpaired) electrons. The number of aliphatic carboxylic acids is 1. The summed E-state index contributed by atoms with van der Waals surface area (Å²) in [5.41, 5.74) is 0. The van der Waals surface area contributed by atoms with Gasteiger partial charge in [0, 0.05) is 26.1 Å². The van der Waals surface area contributed by atoms with E-state index in [2.05, 4.69) is 0 Å². The molecule has 0 aliphatic carbocycles. The zero-order chi connectivity index (χ0) is 20.9. The van der Waals surface area contributed by atoms with Crippen molar-refractivity contribution in [1.29, 1.82) is 0 Å². The van der Waals surface area contributed by atoms with E-state index in [1.165, 1.54) is 0 Å². The fourth-order valence-corrected chi connectivity index (χ4v) is 2.40. The number of esters is 1. The third-order valence-corrected chi connectivity index (χ3v) is 3.87. The molecule has 166 valence electrons. The van der Waals surface area contributed by atoms with Crippen LogP contribution in [0.3, 0.4) is 0 Å². The number of carbonyl (C=O) groups is 2. The number of rotatable bonds is 21. The number of hydrogen-bond acceptors (Lipinski definition) is 7. The third-order valence-electron chi connectivity index (χ3n) is 3.87. The molecule has 0 spiro atoms. The molecular formula is C20H38O8. The molecule has 0 aromatic carbocycles. The van der Waals surface area contributed by atoms with Crippen molar-refractivity contribution in [3.63, 3.8) is 0 Å².